The molecule has 2 aromatic carbocycles. The van der Waals surface area contributed by atoms with E-state index in [0.29, 0.717) is 11.4 Å². The van der Waals surface area contributed by atoms with Gasteiger partial charge in [0.25, 0.3) is 10.0 Å². The zero-order valence-electron chi connectivity index (χ0n) is 17.0. The third-order valence-electron chi connectivity index (χ3n) is 4.64. The summed E-state index contributed by atoms with van der Waals surface area (Å²) in [6.45, 7) is 7.42. The lowest BCUT2D eigenvalue weighted by atomic mass is 10.1. The minimum Gasteiger partial charge on any atom is -0.495 e. The Bertz CT molecular complexity index is 908. The summed E-state index contributed by atoms with van der Waals surface area (Å²) >= 11 is 0. The molecular weight excluding hydrogens is 376 g/mol. The van der Waals surface area contributed by atoms with E-state index in [1.54, 1.807) is 48.5 Å². The number of aryl methyl sites for hydroxylation is 1. The van der Waals surface area contributed by atoms with Crippen molar-refractivity contribution in [3.05, 3.63) is 54.1 Å². The molecule has 0 aliphatic carbocycles. The number of hydrogen-bond acceptors (Lipinski definition) is 4. The Morgan fingerprint density at radius 2 is 1.68 bits per heavy atom. The molecule has 0 spiro atoms. The van der Waals surface area contributed by atoms with Crippen molar-refractivity contribution < 1.29 is 17.9 Å². The molecule has 152 valence electrons. The highest BCUT2D eigenvalue weighted by Gasteiger charge is 2.29. The molecule has 0 aromatic heterocycles. The maximum atomic E-state index is 13.4. The van der Waals surface area contributed by atoms with Crippen LogP contribution in [0.5, 0.6) is 5.75 Å². The predicted molar refractivity (Wildman–Crippen MR) is 111 cm³/mol. The molecule has 2 aromatic rings. The minimum atomic E-state index is -3.96. The summed E-state index contributed by atoms with van der Waals surface area (Å²) in [7, 11) is -2.49. The van der Waals surface area contributed by atoms with Crippen molar-refractivity contribution in [2.45, 2.75) is 38.6 Å². The van der Waals surface area contributed by atoms with Gasteiger partial charge >= 0.3 is 0 Å². The number of para-hydroxylation sites is 2. The van der Waals surface area contributed by atoms with Crippen molar-refractivity contribution in [1.82, 2.24) is 5.32 Å². The molecule has 0 saturated heterocycles. The fourth-order valence-corrected chi connectivity index (χ4v) is 4.00. The summed E-state index contributed by atoms with van der Waals surface area (Å²) < 4.78 is 33.2. The Balaban J connectivity index is 2.47. The molecule has 1 N–H and O–H groups in total. The van der Waals surface area contributed by atoms with Crippen LogP contribution in [0.3, 0.4) is 0 Å². The number of amides is 1. The van der Waals surface area contributed by atoms with Crippen molar-refractivity contribution in [2.24, 2.45) is 5.92 Å². The standard InChI is InChI=1S/C21H28N2O4S/c1-15(2)17(4)22-21(24)14-23(19-8-6-7-9-20(19)27-5)28(25,26)18-12-10-16(3)11-13-18/h6-13,15,17H,14H2,1-5H3,(H,22,24). The van der Waals surface area contributed by atoms with E-state index in [1.165, 1.54) is 7.11 Å². The van der Waals surface area contributed by atoms with E-state index in [1.807, 2.05) is 27.7 Å². The lowest BCUT2D eigenvalue weighted by molar-refractivity contribution is -0.120. The lowest BCUT2D eigenvalue weighted by Crippen LogP contribution is -2.45. The normalized spacial score (nSPS) is 12.5. The van der Waals surface area contributed by atoms with E-state index in [4.69, 9.17) is 4.74 Å². The molecule has 0 bridgehead atoms. The van der Waals surface area contributed by atoms with Gasteiger partial charge < -0.3 is 10.1 Å². The summed E-state index contributed by atoms with van der Waals surface area (Å²) in [6, 6.07) is 13.2. The number of carbonyl (C=O) groups excluding carboxylic acids is 1. The van der Waals surface area contributed by atoms with Crippen LogP contribution in [0.4, 0.5) is 5.69 Å². The van der Waals surface area contributed by atoms with Gasteiger partial charge in [-0.15, -0.1) is 0 Å². The molecule has 1 unspecified atom stereocenters. The SMILES string of the molecule is COc1ccccc1N(CC(=O)NC(C)C(C)C)S(=O)(=O)c1ccc(C)cc1. The average Bonchev–Trinajstić information content (AvgIpc) is 2.66. The molecule has 1 amide bonds. The van der Waals surface area contributed by atoms with Crippen molar-refractivity contribution in [1.29, 1.82) is 0 Å². The predicted octanol–water partition coefficient (Wildman–Crippen LogP) is 3.36. The quantitative estimate of drug-likeness (QED) is 0.732. The van der Waals surface area contributed by atoms with Crippen molar-refractivity contribution >= 4 is 21.6 Å². The second-order valence-corrected chi connectivity index (χ2v) is 8.96. The van der Waals surface area contributed by atoms with Crippen molar-refractivity contribution in [3.63, 3.8) is 0 Å². The molecule has 7 heteroatoms. The van der Waals surface area contributed by atoms with Gasteiger partial charge in [-0.2, -0.15) is 0 Å². The Morgan fingerprint density at radius 1 is 1.07 bits per heavy atom. The number of anilines is 1. The van der Waals surface area contributed by atoms with Crippen LogP contribution in [0, 0.1) is 12.8 Å². The number of sulfonamides is 1. The topological polar surface area (TPSA) is 75.7 Å². The Labute approximate surface area is 167 Å². The molecule has 28 heavy (non-hydrogen) atoms. The maximum absolute atomic E-state index is 13.4. The van der Waals surface area contributed by atoms with Crippen molar-refractivity contribution in [3.8, 4) is 5.75 Å². The second kappa shape index (κ2) is 9.10. The van der Waals surface area contributed by atoms with E-state index < -0.39 is 10.0 Å². The van der Waals surface area contributed by atoms with E-state index in [2.05, 4.69) is 5.32 Å². The van der Waals surface area contributed by atoms with E-state index in [9.17, 15) is 13.2 Å². The molecule has 0 saturated carbocycles. The fraction of sp³-hybridized carbons (Fsp3) is 0.381. The molecule has 0 radical (unpaired) electrons. The zero-order chi connectivity index (χ0) is 20.9. The Hall–Kier alpha value is -2.54. The van der Waals surface area contributed by atoms with Crippen LogP contribution in [-0.4, -0.2) is 34.0 Å². The summed E-state index contributed by atoms with van der Waals surface area (Å²) in [6.07, 6.45) is 0. The van der Waals surface area contributed by atoms with Gasteiger partial charge in [0.2, 0.25) is 5.91 Å². The third kappa shape index (κ3) is 5.04. The highest BCUT2D eigenvalue weighted by Crippen LogP contribution is 2.32. The number of ether oxygens (including phenoxy) is 1. The first kappa shape index (κ1) is 21.8. The van der Waals surface area contributed by atoms with Gasteiger partial charge in [-0.05, 0) is 44.0 Å². The minimum absolute atomic E-state index is 0.0749. The van der Waals surface area contributed by atoms with Gasteiger partial charge in [0.05, 0.1) is 17.7 Å². The summed E-state index contributed by atoms with van der Waals surface area (Å²) in [4.78, 5) is 12.7. The first-order valence-corrected chi connectivity index (χ1v) is 10.6. The van der Waals surface area contributed by atoms with Crippen LogP contribution in [0.25, 0.3) is 0 Å². The Kier molecular flexibility index (Phi) is 7.07. The van der Waals surface area contributed by atoms with Crippen LogP contribution in [0.1, 0.15) is 26.3 Å². The number of nitrogens with zero attached hydrogens (tertiary/aromatic N) is 1. The van der Waals surface area contributed by atoms with Crippen LogP contribution >= 0.6 is 0 Å². The number of nitrogens with one attached hydrogen (secondary N) is 1. The van der Waals surface area contributed by atoms with Gasteiger partial charge in [-0.1, -0.05) is 43.7 Å². The summed E-state index contributed by atoms with van der Waals surface area (Å²) in [5.74, 6) is 0.239. The largest absolute Gasteiger partial charge is 0.495 e. The molecule has 1 atom stereocenters. The van der Waals surface area contributed by atoms with Gasteiger partial charge in [0.1, 0.15) is 12.3 Å². The van der Waals surface area contributed by atoms with E-state index >= 15 is 0 Å². The molecular formula is C21H28N2O4S. The number of methoxy groups -OCH3 is 1. The summed E-state index contributed by atoms with van der Waals surface area (Å²) in [5, 5.41) is 2.86. The number of rotatable bonds is 8. The van der Waals surface area contributed by atoms with Crippen LogP contribution < -0.4 is 14.4 Å². The molecule has 0 aliphatic rings. The first-order chi connectivity index (χ1) is 13.2. The lowest BCUT2D eigenvalue weighted by Gasteiger charge is -2.27. The number of benzene rings is 2. The average molecular weight is 405 g/mol. The van der Waals surface area contributed by atoms with Crippen molar-refractivity contribution in [2.75, 3.05) is 18.0 Å². The summed E-state index contributed by atoms with van der Waals surface area (Å²) in [5.41, 5.74) is 1.27. The number of carbonyl (C=O) groups is 1. The molecule has 0 fully saturated rings. The van der Waals surface area contributed by atoms with E-state index in [0.717, 1.165) is 9.87 Å². The monoisotopic (exact) mass is 404 g/mol. The van der Waals surface area contributed by atoms with Gasteiger partial charge in [0.15, 0.2) is 0 Å². The van der Waals surface area contributed by atoms with Crippen LogP contribution in [0.15, 0.2) is 53.4 Å². The molecule has 2 rings (SSSR count). The van der Waals surface area contributed by atoms with Crippen LogP contribution in [-0.2, 0) is 14.8 Å². The van der Waals surface area contributed by atoms with Gasteiger partial charge in [-0.25, -0.2) is 8.42 Å². The maximum Gasteiger partial charge on any atom is 0.264 e. The number of hydrogen-bond donors (Lipinski definition) is 1. The van der Waals surface area contributed by atoms with Gasteiger partial charge in [0, 0.05) is 6.04 Å². The smallest absolute Gasteiger partial charge is 0.264 e. The second-order valence-electron chi connectivity index (χ2n) is 7.10. The van der Waals surface area contributed by atoms with Crippen LogP contribution in [0.2, 0.25) is 0 Å². The fourth-order valence-electron chi connectivity index (χ4n) is 2.57. The van der Waals surface area contributed by atoms with Gasteiger partial charge in [-0.3, -0.25) is 9.10 Å². The van der Waals surface area contributed by atoms with E-state index in [-0.39, 0.29) is 29.3 Å². The zero-order valence-corrected chi connectivity index (χ0v) is 17.8. The molecule has 6 nitrogen and oxygen atoms in total. The Morgan fingerprint density at radius 3 is 2.25 bits per heavy atom. The third-order valence-corrected chi connectivity index (χ3v) is 6.41. The first-order valence-electron chi connectivity index (χ1n) is 9.18. The highest BCUT2D eigenvalue weighted by molar-refractivity contribution is 7.92. The highest BCUT2D eigenvalue weighted by atomic mass is 32.2. The molecule has 0 aliphatic heterocycles. The molecule has 0 heterocycles.